The molecule has 0 saturated heterocycles. The quantitative estimate of drug-likeness (QED) is 0.263. The van der Waals surface area contributed by atoms with Crippen LogP contribution >= 0.6 is 0 Å². The molecule has 0 spiro atoms. The summed E-state index contributed by atoms with van der Waals surface area (Å²) in [6.07, 6.45) is 3.21. The van der Waals surface area contributed by atoms with E-state index in [4.69, 9.17) is 4.74 Å². The molecular formula is C30H30F5O2. The van der Waals surface area contributed by atoms with Gasteiger partial charge in [0.15, 0.2) is 11.6 Å². The van der Waals surface area contributed by atoms with Crippen LogP contribution in [0.3, 0.4) is 0 Å². The van der Waals surface area contributed by atoms with Crippen molar-refractivity contribution in [2.45, 2.75) is 64.7 Å². The Hall–Kier alpha value is -3.09. The first-order valence-electron chi connectivity index (χ1n) is 12.7. The molecule has 1 saturated carbocycles. The molecule has 0 N–H and O–H groups in total. The minimum Gasteiger partial charge on any atom is -0.453 e. The SMILES string of the molecule is CCC[C@H]1CC[C@H](CCc2c(F)c[c]c(Oc3ccccc3-c3ccc(OC(F)(F)F)cc3)c2F)CC1. The number of benzene rings is 3. The predicted octanol–water partition coefficient (Wildman–Crippen LogP) is 9.66. The molecule has 1 fully saturated rings. The second-order valence-electron chi connectivity index (χ2n) is 9.64. The summed E-state index contributed by atoms with van der Waals surface area (Å²) in [6, 6.07) is 15.7. The van der Waals surface area contributed by atoms with E-state index < -0.39 is 18.0 Å². The van der Waals surface area contributed by atoms with Crippen LogP contribution in [0.1, 0.15) is 57.4 Å². The molecule has 1 radical (unpaired) electrons. The van der Waals surface area contributed by atoms with Crippen LogP contribution in [0.4, 0.5) is 22.0 Å². The summed E-state index contributed by atoms with van der Waals surface area (Å²) in [7, 11) is 0. The Morgan fingerprint density at radius 2 is 1.54 bits per heavy atom. The highest BCUT2D eigenvalue weighted by molar-refractivity contribution is 5.71. The molecule has 0 amide bonds. The molecule has 1 aliphatic carbocycles. The van der Waals surface area contributed by atoms with Crippen molar-refractivity contribution in [3.05, 3.63) is 77.9 Å². The third-order valence-electron chi connectivity index (χ3n) is 7.05. The molecule has 0 aliphatic heterocycles. The molecule has 3 aromatic rings. The lowest BCUT2D eigenvalue weighted by atomic mass is 9.78. The van der Waals surface area contributed by atoms with Crippen molar-refractivity contribution in [2.24, 2.45) is 11.8 Å². The standard InChI is InChI=1S/C30H30F5O2/c1-2-5-20-8-10-21(11-9-20)12-17-25-26(31)18-19-28(29(25)32)36-27-7-4-3-6-24(27)22-13-15-23(16-14-22)37-30(33,34)35/h3-4,6-7,13-16,18,20-21H,2,5,8-12,17H2,1H3/t20-,21-. The number of hydrogen-bond acceptors (Lipinski definition) is 2. The van der Waals surface area contributed by atoms with Gasteiger partial charge in [-0.3, -0.25) is 0 Å². The zero-order valence-electron chi connectivity index (χ0n) is 20.7. The third-order valence-corrected chi connectivity index (χ3v) is 7.05. The van der Waals surface area contributed by atoms with Gasteiger partial charge >= 0.3 is 6.36 Å². The summed E-state index contributed by atoms with van der Waals surface area (Å²) in [5.74, 6) is -0.473. The second kappa shape index (κ2) is 12.0. The van der Waals surface area contributed by atoms with Crippen LogP contribution in [-0.4, -0.2) is 6.36 Å². The lowest BCUT2D eigenvalue weighted by molar-refractivity contribution is -0.274. The molecule has 7 heteroatoms. The van der Waals surface area contributed by atoms with Crippen molar-refractivity contribution in [3.63, 3.8) is 0 Å². The molecule has 0 heterocycles. The summed E-state index contributed by atoms with van der Waals surface area (Å²) in [5.41, 5.74) is 1.07. The van der Waals surface area contributed by atoms with Crippen molar-refractivity contribution in [1.29, 1.82) is 0 Å². The minimum absolute atomic E-state index is 0.00411. The zero-order chi connectivity index (χ0) is 26.4. The second-order valence-corrected chi connectivity index (χ2v) is 9.64. The highest BCUT2D eigenvalue weighted by atomic mass is 19.4. The maximum atomic E-state index is 15.4. The first-order chi connectivity index (χ1) is 17.7. The molecule has 0 unspecified atom stereocenters. The summed E-state index contributed by atoms with van der Waals surface area (Å²) in [4.78, 5) is 0. The van der Waals surface area contributed by atoms with Gasteiger partial charge in [0.2, 0.25) is 0 Å². The highest BCUT2D eigenvalue weighted by Crippen LogP contribution is 2.38. The first-order valence-corrected chi connectivity index (χ1v) is 12.7. The summed E-state index contributed by atoms with van der Waals surface area (Å²) in [5, 5.41) is 0. The number of ether oxygens (including phenoxy) is 2. The Labute approximate surface area is 214 Å². The predicted molar refractivity (Wildman–Crippen MR) is 133 cm³/mol. The van der Waals surface area contributed by atoms with E-state index in [1.807, 2.05) is 0 Å². The number of alkyl halides is 3. The number of halogens is 5. The molecular weight excluding hydrogens is 487 g/mol. The van der Waals surface area contributed by atoms with Gasteiger partial charge in [0.05, 0.1) is 0 Å². The smallest absolute Gasteiger partial charge is 0.453 e. The summed E-state index contributed by atoms with van der Waals surface area (Å²) >= 11 is 0. The van der Waals surface area contributed by atoms with E-state index in [0.29, 0.717) is 17.0 Å². The van der Waals surface area contributed by atoms with Crippen LogP contribution in [0.2, 0.25) is 0 Å². The van der Waals surface area contributed by atoms with Crippen LogP contribution in [0.15, 0.2) is 54.6 Å². The zero-order valence-corrected chi connectivity index (χ0v) is 20.7. The Kier molecular flexibility index (Phi) is 8.72. The minimum atomic E-state index is -4.79. The number of hydrogen-bond donors (Lipinski definition) is 0. The normalized spacial score (nSPS) is 18.0. The van der Waals surface area contributed by atoms with Gasteiger partial charge in [0, 0.05) is 17.2 Å². The Morgan fingerprint density at radius 3 is 2.19 bits per heavy atom. The van der Waals surface area contributed by atoms with Crippen molar-refractivity contribution in [3.8, 4) is 28.4 Å². The lowest BCUT2D eigenvalue weighted by Gasteiger charge is -2.28. The molecule has 3 aromatic carbocycles. The van der Waals surface area contributed by atoms with E-state index in [0.717, 1.165) is 31.2 Å². The fraction of sp³-hybridized carbons (Fsp3) is 0.400. The van der Waals surface area contributed by atoms with Gasteiger partial charge in [-0.25, -0.2) is 8.78 Å². The lowest BCUT2D eigenvalue weighted by Crippen LogP contribution is -2.16. The molecule has 197 valence electrons. The van der Waals surface area contributed by atoms with Crippen LogP contribution in [0.25, 0.3) is 11.1 Å². The fourth-order valence-corrected chi connectivity index (χ4v) is 5.13. The van der Waals surface area contributed by atoms with Crippen molar-refractivity contribution in [2.75, 3.05) is 0 Å². The molecule has 0 atom stereocenters. The molecule has 2 nitrogen and oxygen atoms in total. The van der Waals surface area contributed by atoms with Gasteiger partial charge in [0.25, 0.3) is 0 Å². The van der Waals surface area contributed by atoms with Crippen LogP contribution in [0, 0.1) is 29.5 Å². The van der Waals surface area contributed by atoms with E-state index in [1.165, 1.54) is 49.9 Å². The average molecular weight is 518 g/mol. The van der Waals surface area contributed by atoms with Gasteiger partial charge in [-0.1, -0.05) is 75.8 Å². The van der Waals surface area contributed by atoms with Crippen molar-refractivity contribution in [1.82, 2.24) is 0 Å². The topological polar surface area (TPSA) is 18.5 Å². The van der Waals surface area contributed by atoms with Gasteiger partial charge < -0.3 is 9.47 Å². The maximum absolute atomic E-state index is 15.4. The molecule has 0 bridgehead atoms. The van der Waals surface area contributed by atoms with Crippen LogP contribution in [-0.2, 0) is 6.42 Å². The molecule has 37 heavy (non-hydrogen) atoms. The number of para-hydroxylation sites is 1. The van der Waals surface area contributed by atoms with E-state index in [1.54, 1.807) is 24.3 Å². The van der Waals surface area contributed by atoms with E-state index >= 15 is 4.39 Å². The first kappa shape index (κ1) is 27.0. The van der Waals surface area contributed by atoms with E-state index in [9.17, 15) is 17.6 Å². The summed E-state index contributed by atoms with van der Waals surface area (Å²) in [6.45, 7) is 2.20. The molecule has 4 rings (SSSR count). The van der Waals surface area contributed by atoms with Crippen LogP contribution < -0.4 is 9.47 Å². The maximum Gasteiger partial charge on any atom is 0.573 e. The summed E-state index contributed by atoms with van der Waals surface area (Å²) < 4.78 is 77.1. The van der Waals surface area contributed by atoms with Crippen molar-refractivity contribution >= 4 is 0 Å². The largest absolute Gasteiger partial charge is 0.573 e. The van der Waals surface area contributed by atoms with E-state index in [2.05, 4.69) is 17.7 Å². The van der Waals surface area contributed by atoms with Crippen molar-refractivity contribution < 1.29 is 31.4 Å². The Morgan fingerprint density at radius 1 is 0.892 bits per heavy atom. The molecule has 1 aliphatic rings. The van der Waals surface area contributed by atoms with Gasteiger partial charge in [-0.2, -0.15) is 0 Å². The Bertz CT molecular complexity index is 1170. The van der Waals surface area contributed by atoms with Gasteiger partial charge in [-0.15, -0.1) is 13.2 Å². The number of rotatable bonds is 9. The molecule has 0 aromatic heterocycles. The fourth-order valence-electron chi connectivity index (χ4n) is 5.13. The monoisotopic (exact) mass is 517 g/mol. The third kappa shape index (κ3) is 7.24. The highest BCUT2D eigenvalue weighted by Gasteiger charge is 2.31. The van der Waals surface area contributed by atoms with Gasteiger partial charge in [0.1, 0.15) is 17.3 Å². The Balaban J connectivity index is 1.48. The van der Waals surface area contributed by atoms with Crippen LogP contribution in [0.5, 0.6) is 17.2 Å². The van der Waals surface area contributed by atoms with E-state index in [-0.39, 0.29) is 29.2 Å². The average Bonchev–Trinajstić information content (AvgIpc) is 2.87. The van der Waals surface area contributed by atoms with Gasteiger partial charge in [-0.05, 0) is 54.5 Å².